The van der Waals surface area contributed by atoms with Crippen molar-refractivity contribution in [3.63, 3.8) is 0 Å². The van der Waals surface area contributed by atoms with Crippen LogP contribution in [-0.4, -0.2) is 58.8 Å². The number of benzene rings is 1. The number of aromatic nitrogens is 1. The fraction of sp³-hybridized carbons (Fsp3) is 0.409. The van der Waals surface area contributed by atoms with Crippen LogP contribution < -0.4 is 10.2 Å². The van der Waals surface area contributed by atoms with Gasteiger partial charge >= 0.3 is 0 Å². The first-order valence-corrected chi connectivity index (χ1v) is 10.6. The Kier molecular flexibility index (Phi) is 6.11. The Balaban J connectivity index is 1.37. The van der Waals surface area contributed by atoms with Gasteiger partial charge in [-0.05, 0) is 49.9 Å². The second-order valence-corrected chi connectivity index (χ2v) is 7.93. The minimum Gasteiger partial charge on any atom is -0.366 e. The molecule has 2 aliphatic heterocycles. The van der Waals surface area contributed by atoms with Crippen LogP contribution in [0.4, 0.5) is 11.4 Å². The zero-order chi connectivity index (χ0) is 21.8. The Hall–Kier alpha value is -3.49. The molecule has 9 nitrogen and oxygen atoms in total. The number of rotatable bonds is 5. The summed E-state index contributed by atoms with van der Waals surface area (Å²) in [5, 5.41) is 14.5. The van der Waals surface area contributed by atoms with Gasteiger partial charge < -0.3 is 15.1 Å². The number of nitrogens with one attached hydrogen (secondary N) is 1. The van der Waals surface area contributed by atoms with Crippen molar-refractivity contribution in [3.8, 4) is 0 Å². The van der Waals surface area contributed by atoms with E-state index in [2.05, 4.69) is 10.3 Å². The van der Waals surface area contributed by atoms with Gasteiger partial charge in [0.05, 0.1) is 4.92 Å². The quantitative estimate of drug-likeness (QED) is 0.585. The smallest absolute Gasteiger partial charge is 0.293 e. The van der Waals surface area contributed by atoms with Gasteiger partial charge in [0, 0.05) is 61.8 Å². The van der Waals surface area contributed by atoms with Crippen molar-refractivity contribution in [1.82, 2.24) is 15.2 Å². The third-order valence-electron chi connectivity index (χ3n) is 5.93. The molecule has 0 aliphatic carbocycles. The summed E-state index contributed by atoms with van der Waals surface area (Å²) < 4.78 is 0. The minimum absolute atomic E-state index is 0.0349. The van der Waals surface area contributed by atoms with Crippen LogP contribution in [0.15, 0.2) is 42.7 Å². The van der Waals surface area contributed by atoms with E-state index in [0.717, 1.165) is 25.9 Å². The molecule has 1 aromatic carbocycles. The highest BCUT2D eigenvalue weighted by Crippen LogP contribution is 2.31. The van der Waals surface area contributed by atoms with Gasteiger partial charge in [0.1, 0.15) is 5.69 Å². The summed E-state index contributed by atoms with van der Waals surface area (Å²) in [7, 11) is 0. The maximum Gasteiger partial charge on any atom is 0.293 e. The van der Waals surface area contributed by atoms with Crippen LogP contribution in [0.3, 0.4) is 0 Å². The minimum atomic E-state index is -0.423. The average Bonchev–Trinajstić information content (AvgIpc) is 3.34. The maximum atomic E-state index is 12.7. The van der Waals surface area contributed by atoms with Crippen molar-refractivity contribution in [2.75, 3.05) is 31.1 Å². The van der Waals surface area contributed by atoms with Gasteiger partial charge in [-0.1, -0.05) is 0 Å². The SMILES string of the molecule is O=C(NC1CCN(C(=O)c2ccncc2)CC1)c1ccc(N2CCCC2)c([N+](=O)[O-])c1. The number of amides is 2. The summed E-state index contributed by atoms with van der Waals surface area (Å²) in [4.78, 5) is 44.1. The molecule has 0 spiro atoms. The molecule has 0 atom stereocenters. The highest BCUT2D eigenvalue weighted by Gasteiger charge is 2.27. The summed E-state index contributed by atoms with van der Waals surface area (Å²) >= 11 is 0. The Labute approximate surface area is 180 Å². The van der Waals surface area contributed by atoms with E-state index in [4.69, 9.17) is 0 Å². The molecule has 0 unspecified atom stereocenters. The predicted molar refractivity (Wildman–Crippen MR) is 115 cm³/mol. The van der Waals surface area contributed by atoms with Crippen molar-refractivity contribution in [3.05, 3.63) is 64.0 Å². The van der Waals surface area contributed by atoms with E-state index < -0.39 is 4.92 Å². The predicted octanol–water partition coefficient (Wildman–Crippen LogP) is 2.62. The zero-order valence-corrected chi connectivity index (χ0v) is 17.2. The van der Waals surface area contributed by atoms with Gasteiger partial charge in [-0.2, -0.15) is 0 Å². The number of hydrogen-bond donors (Lipinski definition) is 1. The molecule has 3 heterocycles. The molecular weight excluding hydrogens is 398 g/mol. The lowest BCUT2D eigenvalue weighted by Gasteiger charge is -2.32. The number of likely N-dealkylation sites (tertiary alicyclic amines) is 1. The molecule has 0 saturated carbocycles. The Morgan fingerprint density at radius 1 is 1.00 bits per heavy atom. The van der Waals surface area contributed by atoms with Crippen molar-refractivity contribution >= 4 is 23.2 Å². The van der Waals surface area contributed by atoms with Crippen LogP contribution in [-0.2, 0) is 0 Å². The first-order chi connectivity index (χ1) is 15.0. The lowest BCUT2D eigenvalue weighted by atomic mass is 10.0. The van der Waals surface area contributed by atoms with E-state index in [1.165, 1.54) is 6.07 Å². The molecule has 4 rings (SSSR count). The number of hydrogen-bond acceptors (Lipinski definition) is 6. The van der Waals surface area contributed by atoms with E-state index in [9.17, 15) is 19.7 Å². The zero-order valence-electron chi connectivity index (χ0n) is 17.2. The summed E-state index contributed by atoms with van der Waals surface area (Å²) in [5.41, 5.74) is 1.42. The number of nitro benzene ring substituents is 1. The van der Waals surface area contributed by atoms with E-state index in [-0.39, 0.29) is 29.1 Å². The molecule has 1 aromatic heterocycles. The molecule has 9 heteroatoms. The van der Waals surface area contributed by atoms with Crippen LogP contribution in [0.2, 0.25) is 0 Å². The summed E-state index contributed by atoms with van der Waals surface area (Å²) in [5.74, 6) is -0.365. The topological polar surface area (TPSA) is 109 Å². The first kappa shape index (κ1) is 20.8. The second kappa shape index (κ2) is 9.11. The number of nitro groups is 1. The number of pyridine rings is 1. The summed E-state index contributed by atoms with van der Waals surface area (Å²) in [6, 6.07) is 7.99. The van der Waals surface area contributed by atoms with Crippen LogP contribution in [0.25, 0.3) is 0 Å². The molecule has 0 bridgehead atoms. The molecule has 2 amide bonds. The molecular formula is C22H25N5O4. The highest BCUT2D eigenvalue weighted by molar-refractivity contribution is 5.96. The number of carbonyl (C=O) groups is 2. The average molecular weight is 423 g/mol. The van der Waals surface area contributed by atoms with Crippen LogP contribution in [0.5, 0.6) is 0 Å². The van der Waals surface area contributed by atoms with Gasteiger partial charge in [-0.3, -0.25) is 24.7 Å². The molecule has 162 valence electrons. The standard InChI is InChI=1S/C22H25N5O4/c28-21(17-3-4-19(20(15-17)27(30)31)25-11-1-2-12-25)24-18-7-13-26(14-8-18)22(29)16-5-9-23-10-6-16/h3-6,9-10,15,18H,1-2,7-8,11-14H2,(H,24,28). The second-order valence-electron chi connectivity index (χ2n) is 7.93. The molecule has 31 heavy (non-hydrogen) atoms. The van der Waals surface area contributed by atoms with Gasteiger partial charge in [0.15, 0.2) is 0 Å². The maximum absolute atomic E-state index is 12.7. The molecule has 2 saturated heterocycles. The lowest BCUT2D eigenvalue weighted by Crippen LogP contribution is -2.46. The lowest BCUT2D eigenvalue weighted by molar-refractivity contribution is -0.384. The van der Waals surface area contributed by atoms with Crippen LogP contribution in [0, 0.1) is 10.1 Å². The molecule has 2 aliphatic rings. The number of piperidine rings is 1. The molecule has 1 N–H and O–H groups in total. The molecule has 0 radical (unpaired) electrons. The Morgan fingerprint density at radius 2 is 1.68 bits per heavy atom. The fourth-order valence-corrected chi connectivity index (χ4v) is 4.21. The monoisotopic (exact) mass is 423 g/mol. The third kappa shape index (κ3) is 4.65. The van der Waals surface area contributed by atoms with Gasteiger partial charge in [0.25, 0.3) is 17.5 Å². The summed E-state index contributed by atoms with van der Waals surface area (Å²) in [6.45, 7) is 2.67. The first-order valence-electron chi connectivity index (χ1n) is 10.6. The molecule has 2 fully saturated rings. The van der Waals surface area contributed by atoms with E-state index in [1.807, 2.05) is 4.90 Å². The van der Waals surface area contributed by atoms with E-state index in [0.29, 0.717) is 37.2 Å². The number of carbonyl (C=O) groups excluding carboxylic acids is 2. The largest absolute Gasteiger partial charge is 0.366 e. The van der Waals surface area contributed by atoms with Crippen molar-refractivity contribution in [2.45, 2.75) is 31.7 Å². The van der Waals surface area contributed by atoms with Gasteiger partial charge in [0.2, 0.25) is 0 Å². The van der Waals surface area contributed by atoms with Crippen molar-refractivity contribution in [1.29, 1.82) is 0 Å². The van der Waals surface area contributed by atoms with Crippen molar-refractivity contribution in [2.24, 2.45) is 0 Å². The normalized spacial score (nSPS) is 16.9. The molecule has 2 aromatic rings. The van der Waals surface area contributed by atoms with Gasteiger partial charge in [-0.15, -0.1) is 0 Å². The number of anilines is 1. The Morgan fingerprint density at radius 3 is 2.32 bits per heavy atom. The van der Waals surface area contributed by atoms with Crippen molar-refractivity contribution < 1.29 is 14.5 Å². The number of nitrogens with zero attached hydrogens (tertiary/aromatic N) is 4. The van der Waals surface area contributed by atoms with E-state index in [1.54, 1.807) is 41.6 Å². The highest BCUT2D eigenvalue weighted by atomic mass is 16.6. The fourth-order valence-electron chi connectivity index (χ4n) is 4.21. The van der Waals surface area contributed by atoms with Crippen LogP contribution in [0.1, 0.15) is 46.4 Å². The summed E-state index contributed by atoms with van der Waals surface area (Å²) in [6.07, 6.45) is 6.49. The Bertz CT molecular complexity index is 967. The third-order valence-corrected chi connectivity index (χ3v) is 5.93. The van der Waals surface area contributed by atoms with E-state index >= 15 is 0 Å². The van der Waals surface area contributed by atoms with Crippen LogP contribution >= 0.6 is 0 Å². The van der Waals surface area contributed by atoms with Gasteiger partial charge in [-0.25, -0.2) is 0 Å².